The molecule has 0 radical (unpaired) electrons. The van der Waals surface area contributed by atoms with Crippen LogP contribution in [0.25, 0.3) is 22.3 Å². The Bertz CT molecular complexity index is 1490. The lowest BCUT2D eigenvalue weighted by Crippen LogP contribution is -2.15. The molecule has 0 unspecified atom stereocenters. The molecule has 0 N–H and O–H groups in total. The number of ether oxygens (including phenoxy) is 4. The highest BCUT2D eigenvalue weighted by atomic mass is 79.9. The molecule has 0 heterocycles. The smallest absolute Gasteiger partial charge is 0.308 e. The van der Waals surface area contributed by atoms with Crippen LogP contribution in [0.2, 0.25) is 0 Å². The number of rotatable bonds is 6. The number of benzene rings is 3. The second-order valence-electron chi connectivity index (χ2n) is 10.1. The first-order chi connectivity index (χ1) is 19.5. The Morgan fingerprint density at radius 3 is 0.905 bits per heavy atom. The lowest BCUT2D eigenvalue weighted by molar-refractivity contribution is -0.135. The van der Waals surface area contributed by atoms with Crippen LogP contribution in [0.1, 0.15) is 61.1 Å². The Kier molecular flexibility index (Phi) is 10.1. The van der Waals surface area contributed by atoms with Crippen molar-refractivity contribution in [2.45, 2.75) is 69.2 Å². The summed E-state index contributed by atoms with van der Waals surface area (Å²) in [7, 11) is 0. The van der Waals surface area contributed by atoms with Crippen molar-refractivity contribution in [1.82, 2.24) is 0 Å². The van der Waals surface area contributed by atoms with E-state index in [1.54, 1.807) is 0 Å². The molecule has 3 rings (SSSR count). The molecule has 0 spiro atoms. The molecule has 0 atom stereocenters. The number of carbonyl (C=O) groups excluding carboxylic acids is 4. The number of halogens is 2. The van der Waals surface area contributed by atoms with E-state index in [-0.39, 0.29) is 34.1 Å². The van der Waals surface area contributed by atoms with Gasteiger partial charge in [-0.2, -0.15) is 0 Å². The molecule has 0 aliphatic heterocycles. The number of aryl methyl sites for hydroxylation is 4. The first kappa shape index (κ1) is 33.0. The van der Waals surface area contributed by atoms with Gasteiger partial charge >= 0.3 is 23.9 Å². The first-order valence-corrected chi connectivity index (χ1v) is 14.6. The summed E-state index contributed by atoms with van der Waals surface area (Å²) in [6.45, 7) is 16.0. The Hall–Kier alpha value is -3.50. The third-order valence-corrected chi connectivity index (χ3v) is 9.00. The fourth-order valence-electron chi connectivity index (χ4n) is 5.17. The number of hydrogen-bond donors (Lipinski definition) is 0. The monoisotopic (exact) mass is 702 g/mol. The van der Waals surface area contributed by atoms with Crippen molar-refractivity contribution < 1.29 is 38.1 Å². The zero-order chi connectivity index (χ0) is 31.8. The average molecular weight is 704 g/mol. The van der Waals surface area contributed by atoms with Crippen LogP contribution in [0.3, 0.4) is 0 Å². The second-order valence-corrected chi connectivity index (χ2v) is 11.7. The molecule has 222 valence electrons. The van der Waals surface area contributed by atoms with Gasteiger partial charge in [0.2, 0.25) is 0 Å². The van der Waals surface area contributed by atoms with Crippen molar-refractivity contribution in [3.8, 4) is 45.3 Å². The number of carbonyl (C=O) groups is 4. The summed E-state index contributed by atoms with van der Waals surface area (Å²) >= 11 is 7.25. The minimum Gasteiger partial charge on any atom is -0.422 e. The van der Waals surface area contributed by atoms with Crippen LogP contribution in [0.15, 0.2) is 21.1 Å². The zero-order valence-electron chi connectivity index (χ0n) is 25.2. The van der Waals surface area contributed by atoms with Gasteiger partial charge in [0.1, 0.15) is 0 Å². The van der Waals surface area contributed by atoms with Crippen LogP contribution in [0.4, 0.5) is 0 Å². The van der Waals surface area contributed by atoms with E-state index in [0.717, 1.165) is 42.3 Å². The van der Waals surface area contributed by atoms with Crippen molar-refractivity contribution in [3.63, 3.8) is 0 Å². The molecule has 0 fully saturated rings. The molecule has 0 saturated heterocycles. The molecular weight excluding hydrogens is 672 g/mol. The summed E-state index contributed by atoms with van der Waals surface area (Å²) in [4.78, 5) is 50.5. The topological polar surface area (TPSA) is 105 Å². The van der Waals surface area contributed by atoms with Crippen LogP contribution >= 0.6 is 31.9 Å². The van der Waals surface area contributed by atoms with Gasteiger partial charge in [0.15, 0.2) is 23.0 Å². The van der Waals surface area contributed by atoms with Crippen LogP contribution < -0.4 is 18.9 Å². The molecular formula is C32H32Br2O8. The molecule has 0 bridgehead atoms. The summed E-state index contributed by atoms with van der Waals surface area (Å²) in [5, 5.41) is 0. The molecule has 3 aromatic rings. The predicted octanol–water partition coefficient (Wildman–Crippen LogP) is 8.10. The van der Waals surface area contributed by atoms with Gasteiger partial charge in [0.25, 0.3) is 0 Å². The third kappa shape index (κ3) is 6.44. The van der Waals surface area contributed by atoms with Crippen molar-refractivity contribution in [3.05, 3.63) is 54.5 Å². The summed E-state index contributed by atoms with van der Waals surface area (Å²) in [6, 6.07) is 3.80. The summed E-state index contributed by atoms with van der Waals surface area (Å²) < 4.78 is 24.8. The van der Waals surface area contributed by atoms with E-state index < -0.39 is 23.9 Å². The largest absolute Gasteiger partial charge is 0.422 e. The molecule has 42 heavy (non-hydrogen) atoms. The van der Waals surface area contributed by atoms with Crippen LogP contribution in [-0.4, -0.2) is 23.9 Å². The van der Waals surface area contributed by atoms with Crippen molar-refractivity contribution in [1.29, 1.82) is 0 Å². The van der Waals surface area contributed by atoms with Crippen LogP contribution in [0.5, 0.6) is 23.0 Å². The molecule has 0 amide bonds. The van der Waals surface area contributed by atoms with Crippen molar-refractivity contribution in [2.75, 3.05) is 0 Å². The van der Waals surface area contributed by atoms with E-state index in [1.165, 1.54) is 27.7 Å². The number of hydrogen-bond acceptors (Lipinski definition) is 8. The molecule has 3 aromatic carbocycles. The highest BCUT2D eigenvalue weighted by Crippen LogP contribution is 2.60. The van der Waals surface area contributed by atoms with Gasteiger partial charge in [0.05, 0.1) is 11.1 Å². The maximum absolute atomic E-state index is 12.6. The maximum atomic E-state index is 12.6. The normalized spacial score (nSPS) is 10.8. The van der Waals surface area contributed by atoms with Crippen molar-refractivity contribution >= 4 is 55.7 Å². The average Bonchev–Trinajstić information content (AvgIpc) is 2.85. The predicted molar refractivity (Wildman–Crippen MR) is 166 cm³/mol. The van der Waals surface area contributed by atoms with E-state index >= 15 is 0 Å². The molecule has 10 heteroatoms. The molecule has 0 aliphatic carbocycles. The SMILES string of the molecule is CC(=O)Oc1c(OC(C)=O)c(-c2c(C)cc(C)c(Br)c2C)c(OC(C)=O)c(OC(C)=O)c1-c1c(C)cc(C)c(Br)c1C. The highest BCUT2D eigenvalue weighted by molar-refractivity contribution is 9.10. The van der Waals surface area contributed by atoms with Gasteiger partial charge in [-0.05, 0) is 86.1 Å². The molecule has 0 aliphatic rings. The van der Waals surface area contributed by atoms with Gasteiger partial charge in [-0.1, -0.05) is 44.0 Å². The quantitative estimate of drug-likeness (QED) is 0.187. The molecule has 8 nitrogen and oxygen atoms in total. The van der Waals surface area contributed by atoms with Gasteiger partial charge in [-0.3, -0.25) is 19.2 Å². The standard InChI is InChI=1S/C32H32Br2O8/c1-13-11-15(3)27(33)17(5)23(13)25-29(39-19(7)35)31(41-21(9)37)26(24-14(2)12-16(4)28(34)18(24)6)32(42-22(10)38)30(25)40-20(8)36/h11-12H,1-10H3. The fourth-order valence-corrected chi connectivity index (χ4v) is 5.80. The van der Waals surface area contributed by atoms with Crippen LogP contribution in [0, 0.1) is 41.5 Å². The third-order valence-electron chi connectivity index (χ3n) is 6.56. The van der Waals surface area contributed by atoms with Gasteiger partial charge < -0.3 is 18.9 Å². The molecule has 0 saturated carbocycles. The lowest BCUT2D eigenvalue weighted by Gasteiger charge is -2.27. The highest BCUT2D eigenvalue weighted by Gasteiger charge is 2.36. The van der Waals surface area contributed by atoms with E-state index in [1.807, 2.05) is 53.7 Å². The lowest BCUT2D eigenvalue weighted by atomic mass is 9.87. The summed E-state index contributed by atoms with van der Waals surface area (Å²) in [6.07, 6.45) is 0. The van der Waals surface area contributed by atoms with Gasteiger partial charge in [-0.25, -0.2) is 0 Å². The van der Waals surface area contributed by atoms with E-state index in [9.17, 15) is 19.2 Å². The maximum Gasteiger partial charge on any atom is 0.308 e. The Balaban J connectivity index is 2.85. The van der Waals surface area contributed by atoms with Crippen LogP contribution in [-0.2, 0) is 19.2 Å². The minimum absolute atomic E-state index is 0.105. The Morgan fingerprint density at radius 2 is 0.690 bits per heavy atom. The summed E-state index contributed by atoms with van der Waals surface area (Å²) in [5.74, 6) is -3.55. The minimum atomic E-state index is -0.718. The fraction of sp³-hybridized carbons (Fsp3) is 0.312. The second kappa shape index (κ2) is 12.8. The van der Waals surface area contributed by atoms with Crippen molar-refractivity contribution in [2.24, 2.45) is 0 Å². The first-order valence-electron chi connectivity index (χ1n) is 13.0. The zero-order valence-corrected chi connectivity index (χ0v) is 28.3. The van der Waals surface area contributed by atoms with E-state index in [0.29, 0.717) is 11.1 Å². The van der Waals surface area contributed by atoms with E-state index in [2.05, 4.69) is 31.9 Å². The summed E-state index contributed by atoms with van der Waals surface area (Å²) in [5.41, 5.74) is 6.02. The number of esters is 4. The molecule has 0 aromatic heterocycles. The Morgan fingerprint density at radius 1 is 0.452 bits per heavy atom. The van der Waals surface area contributed by atoms with Gasteiger partial charge in [0, 0.05) is 36.6 Å². The van der Waals surface area contributed by atoms with Gasteiger partial charge in [-0.15, -0.1) is 0 Å². The van der Waals surface area contributed by atoms with E-state index in [4.69, 9.17) is 18.9 Å². The Labute approximate surface area is 261 Å².